The lowest BCUT2D eigenvalue weighted by atomic mass is 9.71. The van der Waals surface area contributed by atoms with Crippen LogP contribution in [0.3, 0.4) is 0 Å². The van der Waals surface area contributed by atoms with Crippen LogP contribution >= 0.6 is 11.6 Å². The van der Waals surface area contributed by atoms with E-state index in [0.717, 1.165) is 30.8 Å². The van der Waals surface area contributed by atoms with Crippen molar-refractivity contribution in [1.82, 2.24) is 10.2 Å². The molecule has 0 amide bonds. The van der Waals surface area contributed by atoms with Gasteiger partial charge in [-0.3, -0.25) is 4.79 Å². The molecule has 0 radical (unpaired) electrons. The van der Waals surface area contributed by atoms with Crippen molar-refractivity contribution in [2.45, 2.75) is 29.6 Å². The van der Waals surface area contributed by atoms with Gasteiger partial charge in [-0.15, -0.1) is 0 Å². The molecule has 5 rings (SSSR count). The number of nitrogens with zero attached hydrogens (tertiary/aromatic N) is 1. The summed E-state index contributed by atoms with van der Waals surface area (Å²) in [4.78, 5) is 10.5. The molecule has 2 aliphatic rings. The zero-order valence-corrected chi connectivity index (χ0v) is 22.8. The maximum atomic E-state index is 12.3. The fraction of sp³-hybridized carbons (Fsp3) is 0.367. The van der Waals surface area contributed by atoms with Gasteiger partial charge in [0.1, 0.15) is 18.1 Å². The van der Waals surface area contributed by atoms with Gasteiger partial charge in [-0.1, -0.05) is 54.1 Å². The molecule has 0 unspecified atom stereocenters. The molecule has 39 heavy (non-hydrogen) atoms. The van der Waals surface area contributed by atoms with Gasteiger partial charge in [-0.05, 0) is 55.9 Å². The van der Waals surface area contributed by atoms with Crippen LogP contribution in [0.25, 0.3) is 0 Å². The number of likely N-dealkylation sites (N-methyl/N-ethyl adjacent to an activating group) is 1. The van der Waals surface area contributed by atoms with Gasteiger partial charge < -0.3 is 35.0 Å². The third-order valence-electron chi connectivity index (χ3n) is 7.39. The summed E-state index contributed by atoms with van der Waals surface area (Å²) in [6.07, 6.45) is -0.660. The van der Waals surface area contributed by atoms with Crippen LogP contribution in [0, 0.1) is 0 Å². The van der Waals surface area contributed by atoms with Gasteiger partial charge in [-0.2, -0.15) is 0 Å². The number of hydrogen-bond acceptors (Lipinski definition) is 7. The van der Waals surface area contributed by atoms with E-state index in [4.69, 9.17) is 31.0 Å². The van der Waals surface area contributed by atoms with E-state index < -0.39 is 17.3 Å². The number of hydrogen-bond donors (Lipinski definition) is 4. The first-order valence-electron chi connectivity index (χ1n) is 12.9. The summed E-state index contributed by atoms with van der Waals surface area (Å²) >= 11 is 6.20. The maximum absolute atomic E-state index is 12.3. The summed E-state index contributed by atoms with van der Waals surface area (Å²) in [6, 6.07) is 22.7. The summed E-state index contributed by atoms with van der Waals surface area (Å²) in [5, 5.41) is 34.5. The molecule has 4 N–H and O–H groups in total. The third-order valence-corrected chi connectivity index (χ3v) is 7.64. The van der Waals surface area contributed by atoms with E-state index in [9.17, 15) is 10.2 Å². The van der Waals surface area contributed by atoms with E-state index in [1.807, 2.05) is 74.8 Å². The average Bonchev–Trinajstić information content (AvgIpc) is 3.32. The van der Waals surface area contributed by atoms with Crippen LogP contribution < -0.4 is 14.8 Å². The lowest BCUT2D eigenvalue weighted by Gasteiger charge is -2.40. The predicted molar refractivity (Wildman–Crippen MR) is 150 cm³/mol. The quantitative estimate of drug-likeness (QED) is 0.235. The minimum absolute atomic E-state index is 0.250. The van der Waals surface area contributed by atoms with Crippen molar-refractivity contribution in [1.29, 1.82) is 0 Å². The fourth-order valence-electron chi connectivity index (χ4n) is 5.67. The minimum Gasteiger partial charge on any atom is -0.492 e. The van der Waals surface area contributed by atoms with Gasteiger partial charge in [0.25, 0.3) is 6.47 Å². The number of carbonyl (C=O) groups is 1. The molecule has 4 atom stereocenters. The van der Waals surface area contributed by atoms with Crippen molar-refractivity contribution < 1.29 is 29.6 Å². The number of fused-ring (bicyclic) bond motifs is 3. The van der Waals surface area contributed by atoms with Crippen LogP contribution in [-0.4, -0.2) is 73.1 Å². The van der Waals surface area contributed by atoms with Gasteiger partial charge >= 0.3 is 0 Å². The molecule has 1 aliphatic heterocycles. The summed E-state index contributed by atoms with van der Waals surface area (Å²) in [6.45, 7) is 2.83. The molecule has 9 heteroatoms. The topological polar surface area (TPSA) is 111 Å². The van der Waals surface area contributed by atoms with Crippen molar-refractivity contribution in [3.05, 3.63) is 94.5 Å². The van der Waals surface area contributed by atoms with E-state index >= 15 is 0 Å². The molecule has 1 heterocycles. The fourth-order valence-corrected chi connectivity index (χ4v) is 5.80. The van der Waals surface area contributed by atoms with Crippen LogP contribution in [-0.2, 0) is 16.0 Å². The zero-order valence-electron chi connectivity index (χ0n) is 22.1. The highest BCUT2D eigenvalue weighted by Crippen LogP contribution is 2.66. The van der Waals surface area contributed by atoms with Crippen LogP contribution in [0.5, 0.6) is 11.5 Å². The first-order valence-corrected chi connectivity index (χ1v) is 13.3. The molecular formula is C30H35ClN2O6. The van der Waals surface area contributed by atoms with E-state index in [0.29, 0.717) is 35.1 Å². The zero-order chi connectivity index (χ0) is 28.0. The van der Waals surface area contributed by atoms with E-state index in [-0.39, 0.29) is 12.4 Å². The Hall–Kier alpha value is -3.14. The minimum atomic E-state index is -1.64. The lowest BCUT2D eigenvalue weighted by molar-refractivity contribution is -0.149. The second-order valence-corrected chi connectivity index (χ2v) is 10.4. The average molecular weight is 555 g/mol. The largest absolute Gasteiger partial charge is 0.492 e. The van der Waals surface area contributed by atoms with Crippen LogP contribution in [0.2, 0.25) is 5.02 Å². The molecule has 3 aromatic carbocycles. The number of halogens is 1. The van der Waals surface area contributed by atoms with Crippen molar-refractivity contribution in [3.63, 3.8) is 0 Å². The van der Waals surface area contributed by atoms with Crippen molar-refractivity contribution >= 4 is 18.1 Å². The van der Waals surface area contributed by atoms with E-state index in [1.165, 1.54) is 0 Å². The van der Waals surface area contributed by atoms with Gasteiger partial charge in [0.2, 0.25) is 0 Å². The molecule has 1 fully saturated rings. The molecular weight excluding hydrogens is 520 g/mol. The molecule has 8 nitrogen and oxygen atoms in total. The molecule has 0 aromatic heterocycles. The summed E-state index contributed by atoms with van der Waals surface area (Å²) in [7, 11) is 4.09. The Kier molecular flexibility index (Phi) is 9.15. The highest BCUT2D eigenvalue weighted by molar-refractivity contribution is 6.30. The number of carboxylic acid groups (broad SMARTS) is 1. The van der Waals surface area contributed by atoms with Gasteiger partial charge in [0.05, 0.1) is 6.10 Å². The van der Waals surface area contributed by atoms with Gasteiger partial charge in [0, 0.05) is 42.2 Å². The van der Waals surface area contributed by atoms with E-state index in [2.05, 4.69) is 10.2 Å². The lowest BCUT2D eigenvalue weighted by Crippen LogP contribution is -2.51. The van der Waals surface area contributed by atoms with Crippen LogP contribution in [0.15, 0.2) is 72.8 Å². The number of nitrogens with one attached hydrogen (secondary N) is 1. The monoisotopic (exact) mass is 554 g/mol. The highest BCUT2D eigenvalue weighted by Gasteiger charge is 2.72. The number of ether oxygens (including phenoxy) is 2. The van der Waals surface area contributed by atoms with Crippen molar-refractivity contribution in [2.75, 3.05) is 40.3 Å². The first kappa shape index (κ1) is 28.9. The number of aliphatic hydroxyl groups is 2. The van der Waals surface area contributed by atoms with Crippen LogP contribution in [0.1, 0.15) is 29.0 Å². The Morgan fingerprint density at radius 1 is 1.10 bits per heavy atom. The second kappa shape index (κ2) is 12.4. The molecule has 1 aliphatic carbocycles. The summed E-state index contributed by atoms with van der Waals surface area (Å²) in [5.74, 6) is 0.895. The normalized spacial score (nSPS) is 24.8. The smallest absolute Gasteiger partial charge is 0.290 e. The van der Waals surface area contributed by atoms with E-state index in [1.54, 1.807) is 12.1 Å². The summed E-state index contributed by atoms with van der Waals surface area (Å²) in [5.41, 5.74) is -0.519. The number of aliphatic hydroxyl groups excluding tert-OH is 1. The number of benzene rings is 3. The third kappa shape index (κ3) is 5.48. The summed E-state index contributed by atoms with van der Waals surface area (Å²) < 4.78 is 12.7. The standard InChI is InChI=1S/C29H33ClN2O4.CH2O2/c1-32(2)16-14-31-15-17-35-23-12-13-24-26(18-23)36-29(21-8-10-22(30)11-9-21)25(19-27(33)28(24,29)34)20-6-4-3-5-7-20;2-1-3/h3-13,18,25,27,31,33-34H,14-17,19H2,1-2H3;1H,(H,2,3)/t25-,27-,28-,29-;/m0./s1. The number of rotatable bonds is 9. The Balaban J connectivity index is 0.00000112. The molecule has 0 saturated heterocycles. The molecule has 0 spiro atoms. The Labute approximate surface area is 233 Å². The second-order valence-electron chi connectivity index (χ2n) is 9.99. The Morgan fingerprint density at radius 2 is 1.79 bits per heavy atom. The molecule has 0 bridgehead atoms. The molecule has 208 valence electrons. The van der Waals surface area contributed by atoms with Gasteiger partial charge in [-0.25, -0.2) is 0 Å². The maximum Gasteiger partial charge on any atom is 0.290 e. The molecule has 3 aromatic rings. The highest BCUT2D eigenvalue weighted by atomic mass is 35.5. The predicted octanol–water partition coefficient (Wildman–Crippen LogP) is 3.59. The van der Waals surface area contributed by atoms with Crippen molar-refractivity contribution in [3.8, 4) is 11.5 Å². The first-order chi connectivity index (χ1) is 18.8. The van der Waals surface area contributed by atoms with Crippen molar-refractivity contribution in [2.24, 2.45) is 0 Å². The molecule has 1 saturated carbocycles. The Bertz CT molecular complexity index is 1240. The SMILES string of the molecule is CN(C)CCNCCOc1ccc2c(c1)O[C@@]1(c3ccc(Cl)cc3)[C@H](c3ccccc3)C[C@H](O)[C@@]21O.O=CO. The van der Waals surface area contributed by atoms with Crippen LogP contribution in [0.4, 0.5) is 0 Å². The Morgan fingerprint density at radius 3 is 2.46 bits per heavy atom. The van der Waals surface area contributed by atoms with Gasteiger partial charge in [0.15, 0.2) is 11.2 Å².